The monoisotopic (exact) mass is 312 g/mol. The third kappa shape index (κ3) is 3.29. The van der Waals surface area contributed by atoms with Gasteiger partial charge in [-0.25, -0.2) is 8.42 Å². The number of sulfonamides is 1. The molecule has 0 aliphatic carbocycles. The van der Waals surface area contributed by atoms with Crippen molar-refractivity contribution in [2.24, 2.45) is 5.73 Å². The molecular formula is C15H24N2O3S. The maximum absolute atomic E-state index is 12.8. The van der Waals surface area contributed by atoms with Crippen LogP contribution >= 0.6 is 0 Å². The van der Waals surface area contributed by atoms with Crippen molar-refractivity contribution >= 4 is 10.0 Å². The van der Waals surface area contributed by atoms with Gasteiger partial charge >= 0.3 is 0 Å². The van der Waals surface area contributed by atoms with Gasteiger partial charge in [-0.2, -0.15) is 4.31 Å². The number of ether oxygens (including phenoxy) is 1. The van der Waals surface area contributed by atoms with Crippen molar-refractivity contribution in [1.29, 1.82) is 0 Å². The lowest BCUT2D eigenvalue weighted by Crippen LogP contribution is -2.49. The second-order valence-electron chi connectivity index (χ2n) is 5.89. The van der Waals surface area contributed by atoms with Crippen molar-refractivity contribution in [2.45, 2.75) is 43.7 Å². The average molecular weight is 312 g/mol. The molecule has 1 atom stereocenters. The molecule has 1 aromatic carbocycles. The minimum atomic E-state index is -3.48. The van der Waals surface area contributed by atoms with E-state index in [1.807, 2.05) is 13.8 Å². The zero-order chi connectivity index (χ0) is 15.7. The van der Waals surface area contributed by atoms with E-state index in [4.69, 9.17) is 10.5 Å². The minimum absolute atomic E-state index is 0.331. The molecule has 0 saturated carbocycles. The molecule has 2 N–H and O–H groups in total. The van der Waals surface area contributed by atoms with Crippen LogP contribution in [0, 0.1) is 6.92 Å². The molecule has 21 heavy (non-hydrogen) atoms. The van der Waals surface area contributed by atoms with Crippen molar-refractivity contribution in [3.63, 3.8) is 0 Å². The molecule has 6 heteroatoms. The Balaban J connectivity index is 2.31. The summed E-state index contributed by atoms with van der Waals surface area (Å²) >= 11 is 0. The molecule has 1 aromatic rings. The van der Waals surface area contributed by atoms with Gasteiger partial charge in [-0.3, -0.25) is 0 Å². The molecule has 2 rings (SSSR count). The van der Waals surface area contributed by atoms with E-state index in [1.54, 1.807) is 25.3 Å². The zero-order valence-corrected chi connectivity index (χ0v) is 13.7. The number of hydrogen-bond donors (Lipinski definition) is 1. The van der Waals surface area contributed by atoms with E-state index >= 15 is 0 Å². The Labute approximate surface area is 127 Å². The Morgan fingerprint density at radius 2 is 2.14 bits per heavy atom. The van der Waals surface area contributed by atoms with Crippen LogP contribution in [-0.2, 0) is 21.3 Å². The summed E-state index contributed by atoms with van der Waals surface area (Å²) in [6.07, 6.45) is 1.68. The smallest absolute Gasteiger partial charge is 0.243 e. The normalized spacial score (nSPS) is 24.2. The van der Waals surface area contributed by atoms with Crippen LogP contribution in [0.2, 0.25) is 0 Å². The van der Waals surface area contributed by atoms with Gasteiger partial charge in [0.05, 0.1) is 10.5 Å². The van der Waals surface area contributed by atoms with Gasteiger partial charge in [0.2, 0.25) is 10.0 Å². The van der Waals surface area contributed by atoms with Gasteiger partial charge in [-0.15, -0.1) is 0 Å². The molecule has 1 saturated heterocycles. The molecule has 1 aliphatic rings. The third-order valence-electron chi connectivity index (χ3n) is 4.29. The number of aryl methyl sites for hydroxylation is 1. The van der Waals surface area contributed by atoms with Gasteiger partial charge in [0.1, 0.15) is 0 Å². The van der Waals surface area contributed by atoms with E-state index in [-0.39, 0.29) is 0 Å². The molecule has 0 spiro atoms. The summed E-state index contributed by atoms with van der Waals surface area (Å²) < 4.78 is 32.6. The molecule has 118 valence electrons. The molecule has 0 bridgehead atoms. The van der Waals surface area contributed by atoms with E-state index in [2.05, 4.69) is 0 Å². The summed E-state index contributed by atoms with van der Waals surface area (Å²) in [4.78, 5) is 0.331. The highest BCUT2D eigenvalue weighted by atomic mass is 32.2. The summed E-state index contributed by atoms with van der Waals surface area (Å²) in [5.41, 5.74) is 7.10. The molecule has 0 aromatic heterocycles. The van der Waals surface area contributed by atoms with Crippen LogP contribution in [0.4, 0.5) is 0 Å². The standard InChI is InChI=1S/C15H24N2O3S/c1-12-9-14(6-5-13(12)10-16)21(18,19)17-8-4-7-15(2,11-17)20-3/h5-6,9H,4,7-8,10-11,16H2,1-3H3. The number of hydrogen-bond acceptors (Lipinski definition) is 4. The highest BCUT2D eigenvalue weighted by molar-refractivity contribution is 7.89. The number of methoxy groups -OCH3 is 1. The SMILES string of the molecule is COC1(C)CCCN(S(=O)(=O)c2ccc(CN)c(C)c2)C1. The topological polar surface area (TPSA) is 72.6 Å². The lowest BCUT2D eigenvalue weighted by atomic mass is 9.96. The van der Waals surface area contributed by atoms with Crippen LogP contribution in [-0.4, -0.2) is 38.5 Å². The summed E-state index contributed by atoms with van der Waals surface area (Å²) in [6.45, 7) is 5.19. The predicted octanol–water partition coefficient (Wildman–Crippen LogP) is 1.64. The lowest BCUT2D eigenvalue weighted by molar-refractivity contribution is -0.0319. The highest BCUT2D eigenvalue weighted by Gasteiger charge is 2.37. The van der Waals surface area contributed by atoms with Crippen LogP contribution in [0.15, 0.2) is 23.1 Å². The Hall–Kier alpha value is -0.950. The average Bonchev–Trinajstić information content (AvgIpc) is 2.47. The van der Waals surface area contributed by atoms with E-state index in [0.717, 1.165) is 24.0 Å². The van der Waals surface area contributed by atoms with Gasteiger partial charge in [-0.05, 0) is 49.9 Å². The van der Waals surface area contributed by atoms with E-state index < -0.39 is 15.6 Å². The Kier molecular flexibility index (Phi) is 4.72. The Morgan fingerprint density at radius 3 is 2.71 bits per heavy atom. The number of piperidine rings is 1. The number of nitrogens with two attached hydrogens (primary N) is 1. The molecule has 1 aliphatic heterocycles. The summed E-state index contributed by atoms with van der Waals surface area (Å²) in [7, 11) is -1.84. The highest BCUT2D eigenvalue weighted by Crippen LogP contribution is 2.28. The van der Waals surface area contributed by atoms with Crippen molar-refractivity contribution in [3.8, 4) is 0 Å². The Bertz CT molecular complexity index is 615. The van der Waals surface area contributed by atoms with Crippen molar-refractivity contribution in [3.05, 3.63) is 29.3 Å². The fourth-order valence-electron chi connectivity index (χ4n) is 2.74. The molecule has 5 nitrogen and oxygen atoms in total. The fourth-order valence-corrected chi connectivity index (χ4v) is 4.42. The van der Waals surface area contributed by atoms with Crippen molar-refractivity contribution in [1.82, 2.24) is 4.31 Å². The first-order valence-corrected chi connectivity index (χ1v) is 8.61. The van der Waals surface area contributed by atoms with Crippen LogP contribution < -0.4 is 5.73 Å². The van der Waals surface area contributed by atoms with Crippen LogP contribution in [0.3, 0.4) is 0 Å². The number of rotatable bonds is 4. The van der Waals surface area contributed by atoms with E-state index in [1.165, 1.54) is 4.31 Å². The predicted molar refractivity (Wildman–Crippen MR) is 82.5 cm³/mol. The number of nitrogens with zero attached hydrogens (tertiary/aromatic N) is 1. The quantitative estimate of drug-likeness (QED) is 0.917. The molecular weight excluding hydrogens is 288 g/mol. The van der Waals surface area contributed by atoms with Crippen LogP contribution in [0.5, 0.6) is 0 Å². The fraction of sp³-hybridized carbons (Fsp3) is 0.600. The number of benzene rings is 1. The minimum Gasteiger partial charge on any atom is -0.377 e. The van der Waals surface area contributed by atoms with Crippen LogP contribution in [0.1, 0.15) is 30.9 Å². The summed E-state index contributed by atoms with van der Waals surface area (Å²) in [5, 5.41) is 0. The first kappa shape index (κ1) is 16.4. The van der Waals surface area contributed by atoms with Gasteiger partial charge in [0, 0.05) is 26.7 Å². The van der Waals surface area contributed by atoms with Crippen LogP contribution in [0.25, 0.3) is 0 Å². The second kappa shape index (κ2) is 6.04. The largest absolute Gasteiger partial charge is 0.377 e. The van der Waals surface area contributed by atoms with Gasteiger partial charge < -0.3 is 10.5 Å². The maximum Gasteiger partial charge on any atom is 0.243 e. The molecule has 1 heterocycles. The van der Waals surface area contributed by atoms with E-state index in [0.29, 0.717) is 24.5 Å². The van der Waals surface area contributed by atoms with E-state index in [9.17, 15) is 8.42 Å². The second-order valence-corrected chi connectivity index (χ2v) is 7.83. The molecule has 1 fully saturated rings. The third-order valence-corrected chi connectivity index (χ3v) is 6.13. The van der Waals surface area contributed by atoms with Gasteiger partial charge in [0.15, 0.2) is 0 Å². The first-order valence-electron chi connectivity index (χ1n) is 7.17. The van der Waals surface area contributed by atoms with Gasteiger partial charge in [0.25, 0.3) is 0 Å². The first-order chi connectivity index (χ1) is 9.82. The zero-order valence-electron chi connectivity index (χ0n) is 12.9. The summed E-state index contributed by atoms with van der Waals surface area (Å²) in [5.74, 6) is 0. The van der Waals surface area contributed by atoms with Crippen molar-refractivity contribution in [2.75, 3.05) is 20.2 Å². The molecule has 0 amide bonds. The summed E-state index contributed by atoms with van der Waals surface area (Å²) in [6, 6.07) is 5.14. The molecule has 1 unspecified atom stereocenters. The maximum atomic E-state index is 12.8. The Morgan fingerprint density at radius 1 is 1.43 bits per heavy atom. The van der Waals surface area contributed by atoms with Gasteiger partial charge in [-0.1, -0.05) is 6.07 Å². The molecule has 0 radical (unpaired) electrons. The van der Waals surface area contributed by atoms with Crippen molar-refractivity contribution < 1.29 is 13.2 Å². The lowest BCUT2D eigenvalue weighted by Gasteiger charge is -2.38.